The lowest BCUT2D eigenvalue weighted by molar-refractivity contribution is -0.141. The van der Waals surface area contributed by atoms with Gasteiger partial charge in [0.2, 0.25) is 0 Å². The Hall–Kier alpha value is -2.63. The predicted octanol–water partition coefficient (Wildman–Crippen LogP) is 3.20. The van der Waals surface area contributed by atoms with Gasteiger partial charge in [0.05, 0.1) is 23.5 Å². The van der Waals surface area contributed by atoms with E-state index in [9.17, 15) is 14.4 Å². The summed E-state index contributed by atoms with van der Waals surface area (Å²) in [6, 6.07) is 1.77. The fourth-order valence-electron chi connectivity index (χ4n) is 4.08. The Morgan fingerprint density at radius 2 is 2.04 bits per heavy atom. The third-order valence-electron chi connectivity index (χ3n) is 5.78. The number of carbonyl (C=O) groups excluding carboxylic acids is 3. The first kappa shape index (κ1) is 16.8. The van der Waals surface area contributed by atoms with Crippen molar-refractivity contribution in [2.24, 2.45) is 5.41 Å². The number of ketones is 1. The Labute approximate surface area is 150 Å². The fraction of sp³-hybridized carbons (Fsp3) is 0.450. The van der Waals surface area contributed by atoms with E-state index < -0.39 is 17.5 Å². The number of cyclic esters (lactones) is 2. The smallest absolute Gasteiger partial charge is 0.335 e. The van der Waals surface area contributed by atoms with E-state index in [0.29, 0.717) is 36.8 Å². The molecule has 26 heavy (non-hydrogen) atoms. The highest BCUT2D eigenvalue weighted by atomic mass is 16.6. The number of hydrogen-bond acceptors (Lipinski definition) is 6. The number of ether oxygens (including phenoxy) is 2. The standard InChI is InChI=1S/C20H20O6/c1-11(13-9-15(25-18(13)22)12-6-7-24-10-12)8-17-20(2)14(19(23)26-17)4-3-5-16(20)21/h4,6-7,10,15,17H,3,5,8-9H2,1-2H3/t15-,17-,20-/m1/s1. The van der Waals surface area contributed by atoms with E-state index in [1.807, 2.05) is 13.0 Å². The molecule has 0 spiro atoms. The van der Waals surface area contributed by atoms with Gasteiger partial charge in [-0.2, -0.15) is 0 Å². The Kier molecular flexibility index (Phi) is 3.86. The topological polar surface area (TPSA) is 82.8 Å². The summed E-state index contributed by atoms with van der Waals surface area (Å²) in [4.78, 5) is 37.0. The maximum atomic E-state index is 12.5. The first-order valence-corrected chi connectivity index (χ1v) is 8.78. The van der Waals surface area contributed by atoms with Crippen LogP contribution in [0, 0.1) is 5.41 Å². The van der Waals surface area contributed by atoms with Gasteiger partial charge < -0.3 is 13.9 Å². The molecule has 0 amide bonds. The number of hydrogen-bond donors (Lipinski definition) is 0. The van der Waals surface area contributed by atoms with Crippen molar-refractivity contribution in [1.29, 1.82) is 0 Å². The molecule has 136 valence electrons. The molecule has 1 aromatic rings. The van der Waals surface area contributed by atoms with Crippen LogP contribution in [0.1, 0.15) is 51.2 Å². The molecule has 0 radical (unpaired) electrons. The van der Waals surface area contributed by atoms with Gasteiger partial charge in [0.15, 0.2) is 0 Å². The number of esters is 2. The lowest BCUT2D eigenvalue weighted by Crippen LogP contribution is -2.39. The summed E-state index contributed by atoms with van der Waals surface area (Å²) in [5.74, 6) is -0.767. The van der Waals surface area contributed by atoms with E-state index >= 15 is 0 Å². The Morgan fingerprint density at radius 1 is 1.23 bits per heavy atom. The lowest BCUT2D eigenvalue weighted by atomic mass is 9.69. The molecule has 0 N–H and O–H groups in total. The van der Waals surface area contributed by atoms with Crippen molar-refractivity contribution in [3.05, 3.63) is 47.0 Å². The Morgan fingerprint density at radius 3 is 2.77 bits per heavy atom. The molecule has 1 aliphatic carbocycles. The largest absolute Gasteiger partial charge is 0.472 e. The minimum atomic E-state index is -0.927. The van der Waals surface area contributed by atoms with Gasteiger partial charge >= 0.3 is 11.9 Å². The molecule has 2 aliphatic heterocycles. The van der Waals surface area contributed by atoms with Crippen molar-refractivity contribution in [1.82, 2.24) is 0 Å². The van der Waals surface area contributed by atoms with E-state index in [4.69, 9.17) is 13.9 Å². The molecular formula is C20H20O6. The fourth-order valence-corrected chi connectivity index (χ4v) is 4.08. The predicted molar refractivity (Wildman–Crippen MR) is 89.8 cm³/mol. The summed E-state index contributed by atoms with van der Waals surface area (Å²) < 4.78 is 16.0. The average Bonchev–Trinajstić information content (AvgIpc) is 3.30. The molecule has 3 heterocycles. The normalized spacial score (nSPS) is 32.8. The molecule has 4 rings (SSSR count). The zero-order chi connectivity index (χ0) is 18.5. The minimum absolute atomic E-state index is 0.0222. The van der Waals surface area contributed by atoms with Crippen molar-refractivity contribution in [2.75, 3.05) is 0 Å². The Bertz CT molecular complexity index is 844. The Balaban J connectivity index is 1.59. The van der Waals surface area contributed by atoms with Gasteiger partial charge in [-0.1, -0.05) is 11.6 Å². The number of fused-ring (bicyclic) bond motifs is 1. The van der Waals surface area contributed by atoms with Crippen LogP contribution in [0.3, 0.4) is 0 Å². The van der Waals surface area contributed by atoms with E-state index in [-0.39, 0.29) is 17.9 Å². The van der Waals surface area contributed by atoms with E-state index in [1.165, 1.54) is 0 Å². The van der Waals surface area contributed by atoms with Crippen LogP contribution in [0.15, 0.2) is 45.8 Å². The van der Waals surface area contributed by atoms with Crippen molar-refractivity contribution >= 4 is 17.7 Å². The molecule has 2 saturated heterocycles. The van der Waals surface area contributed by atoms with Crippen molar-refractivity contribution < 1.29 is 28.3 Å². The monoisotopic (exact) mass is 356 g/mol. The molecule has 0 aromatic carbocycles. The summed E-state index contributed by atoms with van der Waals surface area (Å²) in [7, 11) is 0. The maximum Gasteiger partial charge on any atom is 0.335 e. The average molecular weight is 356 g/mol. The molecule has 3 aliphatic rings. The quantitative estimate of drug-likeness (QED) is 0.611. The third kappa shape index (κ3) is 2.43. The highest BCUT2D eigenvalue weighted by Crippen LogP contribution is 2.47. The molecule has 1 aromatic heterocycles. The van der Waals surface area contributed by atoms with Crippen LogP contribution in [0.25, 0.3) is 0 Å². The number of carbonyl (C=O) groups is 3. The van der Waals surface area contributed by atoms with Gasteiger partial charge in [-0.25, -0.2) is 9.59 Å². The SMILES string of the molecule is CC(C[C@H]1OC(=O)C2=CCCC(=O)[C@@]21C)=C1C[C@H](c2ccoc2)OC1=O. The number of allylic oxidation sites excluding steroid dienone is 1. The van der Waals surface area contributed by atoms with Gasteiger partial charge in [-0.15, -0.1) is 0 Å². The first-order valence-electron chi connectivity index (χ1n) is 8.78. The molecule has 0 saturated carbocycles. The van der Waals surface area contributed by atoms with Crippen molar-refractivity contribution in [3.8, 4) is 0 Å². The van der Waals surface area contributed by atoms with E-state index in [2.05, 4.69) is 0 Å². The van der Waals surface area contributed by atoms with Crippen LogP contribution in [0.2, 0.25) is 0 Å². The third-order valence-corrected chi connectivity index (χ3v) is 5.78. The second-order valence-electron chi connectivity index (χ2n) is 7.29. The van der Waals surface area contributed by atoms with Crippen LogP contribution in [-0.4, -0.2) is 23.8 Å². The van der Waals surface area contributed by atoms with Crippen LogP contribution < -0.4 is 0 Å². The highest BCUT2D eigenvalue weighted by Gasteiger charge is 2.55. The zero-order valence-corrected chi connectivity index (χ0v) is 14.7. The maximum absolute atomic E-state index is 12.5. The molecule has 0 unspecified atom stereocenters. The van der Waals surface area contributed by atoms with Gasteiger partial charge in [-0.3, -0.25) is 4.79 Å². The highest BCUT2D eigenvalue weighted by molar-refractivity contribution is 6.05. The van der Waals surface area contributed by atoms with Gasteiger partial charge in [0.1, 0.15) is 18.0 Å². The molecule has 6 nitrogen and oxygen atoms in total. The van der Waals surface area contributed by atoms with Gasteiger partial charge in [0, 0.05) is 30.4 Å². The van der Waals surface area contributed by atoms with Crippen molar-refractivity contribution in [2.45, 2.75) is 51.7 Å². The van der Waals surface area contributed by atoms with Crippen LogP contribution in [-0.2, 0) is 23.9 Å². The second-order valence-corrected chi connectivity index (χ2v) is 7.29. The summed E-state index contributed by atoms with van der Waals surface area (Å²) in [5.41, 5.74) is 1.72. The summed E-state index contributed by atoms with van der Waals surface area (Å²) in [5, 5.41) is 0. The molecule has 0 bridgehead atoms. The van der Waals surface area contributed by atoms with E-state index in [1.54, 1.807) is 25.5 Å². The van der Waals surface area contributed by atoms with Gasteiger partial charge in [0.25, 0.3) is 0 Å². The molecule has 6 heteroatoms. The van der Waals surface area contributed by atoms with Crippen LogP contribution >= 0.6 is 0 Å². The summed E-state index contributed by atoms with van der Waals surface area (Å²) in [6.07, 6.45) is 5.74. The van der Waals surface area contributed by atoms with E-state index in [0.717, 1.165) is 11.1 Å². The van der Waals surface area contributed by atoms with Crippen LogP contribution in [0.5, 0.6) is 0 Å². The summed E-state index contributed by atoms with van der Waals surface area (Å²) >= 11 is 0. The summed E-state index contributed by atoms with van der Waals surface area (Å²) in [6.45, 7) is 3.61. The van der Waals surface area contributed by atoms with Crippen molar-refractivity contribution in [3.63, 3.8) is 0 Å². The first-order chi connectivity index (χ1) is 12.4. The molecular weight excluding hydrogens is 336 g/mol. The zero-order valence-electron chi connectivity index (χ0n) is 14.7. The number of furan rings is 1. The minimum Gasteiger partial charge on any atom is -0.472 e. The molecule has 3 atom stereocenters. The number of Topliss-reactive ketones (excluding diaryl/α,β-unsaturated/α-hetero) is 1. The molecule has 2 fully saturated rings. The van der Waals surface area contributed by atoms with Gasteiger partial charge in [-0.05, 0) is 26.3 Å². The lowest BCUT2D eigenvalue weighted by Gasteiger charge is -2.30. The second kappa shape index (κ2) is 5.97. The number of rotatable bonds is 3. The van der Waals surface area contributed by atoms with Crippen LogP contribution in [0.4, 0.5) is 0 Å².